The van der Waals surface area contributed by atoms with Crippen LogP contribution in [0.4, 0.5) is 0 Å². The van der Waals surface area contributed by atoms with E-state index < -0.39 is 28.7 Å². The number of unbranched alkanes of at least 4 members (excludes halogenated alkanes) is 2. The third kappa shape index (κ3) is 6.36. The Morgan fingerprint density at radius 1 is 1.14 bits per heavy atom. The Morgan fingerprint density at radius 2 is 1.81 bits per heavy atom. The summed E-state index contributed by atoms with van der Waals surface area (Å²) in [6, 6.07) is 8.58. The fourth-order valence-electron chi connectivity index (χ4n) is 7.38. The number of rotatable bonds is 16. The Kier molecular flexibility index (Phi) is 11.6. The van der Waals surface area contributed by atoms with Crippen molar-refractivity contribution in [3.8, 4) is 0 Å². The van der Waals surface area contributed by atoms with Crippen LogP contribution >= 0.6 is 27.7 Å². The molecular formula is C34H48BrN3O4S. The van der Waals surface area contributed by atoms with E-state index in [4.69, 9.17) is 0 Å². The van der Waals surface area contributed by atoms with Crippen LogP contribution in [0.1, 0.15) is 58.4 Å². The van der Waals surface area contributed by atoms with Crippen molar-refractivity contribution in [2.75, 3.05) is 26.2 Å². The number of halogens is 1. The molecule has 3 aliphatic rings. The smallest absolute Gasteiger partial charge is 0.247 e. The van der Waals surface area contributed by atoms with Gasteiger partial charge in [-0.1, -0.05) is 98.4 Å². The molecule has 1 aromatic carbocycles. The van der Waals surface area contributed by atoms with E-state index in [0.29, 0.717) is 32.6 Å². The van der Waals surface area contributed by atoms with E-state index in [0.717, 1.165) is 31.2 Å². The van der Waals surface area contributed by atoms with E-state index >= 15 is 0 Å². The van der Waals surface area contributed by atoms with Gasteiger partial charge in [-0.3, -0.25) is 14.4 Å². The van der Waals surface area contributed by atoms with Gasteiger partial charge < -0.3 is 19.8 Å². The van der Waals surface area contributed by atoms with Gasteiger partial charge >= 0.3 is 0 Å². The minimum atomic E-state index is -0.759. The number of benzene rings is 1. The summed E-state index contributed by atoms with van der Waals surface area (Å²) in [7, 11) is 0. The number of carbonyl (C=O) groups is 3. The van der Waals surface area contributed by atoms with E-state index in [1.54, 1.807) is 33.7 Å². The van der Waals surface area contributed by atoms with Crippen LogP contribution in [0.5, 0.6) is 0 Å². The minimum absolute atomic E-state index is 0.0149. The van der Waals surface area contributed by atoms with Gasteiger partial charge in [0.15, 0.2) is 0 Å². The fourth-order valence-corrected chi connectivity index (χ4v) is 11.0. The molecule has 3 heterocycles. The van der Waals surface area contributed by atoms with E-state index in [1.807, 2.05) is 49.1 Å². The number of aliphatic hydroxyl groups is 1. The lowest BCUT2D eigenvalue weighted by Crippen LogP contribution is -2.59. The molecule has 3 fully saturated rings. The lowest BCUT2D eigenvalue weighted by atomic mass is 9.70. The van der Waals surface area contributed by atoms with Crippen molar-refractivity contribution in [2.24, 2.45) is 17.8 Å². The molecule has 0 aromatic heterocycles. The Labute approximate surface area is 270 Å². The second-order valence-corrected chi connectivity index (χ2v) is 15.0. The van der Waals surface area contributed by atoms with Gasteiger partial charge in [-0.15, -0.1) is 24.9 Å². The molecule has 236 valence electrons. The van der Waals surface area contributed by atoms with Crippen LogP contribution in [0.3, 0.4) is 0 Å². The summed E-state index contributed by atoms with van der Waals surface area (Å²) in [5.74, 6) is -1.57. The zero-order chi connectivity index (χ0) is 31.3. The number of aliphatic hydroxyl groups excluding tert-OH is 1. The molecule has 0 radical (unpaired) electrons. The van der Waals surface area contributed by atoms with Crippen molar-refractivity contribution in [3.63, 3.8) is 0 Å². The van der Waals surface area contributed by atoms with Crippen LogP contribution in [-0.2, 0) is 20.9 Å². The molecule has 9 heteroatoms. The lowest BCUT2D eigenvalue weighted by Gasteiger charge is -2.41. The molecule has 3 unspecified atom stereocenters. The van der Waals surface area contributed by atoms with Crippen LogP contribution in [-0.4, -0.2) is 90.7 Å². The first kappa shape index (κ1) is 33.8. The number of fused-ring (bicyclic) bond motifs is 1. The van der Waals surface area contributed by atoms with Crippen molar-refractivity contribution in [1.29, 1.82) is 0 Å². The maximum atomic E-state index is 14.7. The van der Waals surface area contributed by atoms with Crippen molar-refractivity contribution in [3.05, 3.63) is 61.2 Å². The molecule has 1 spiro atoms. The Balaban J connectivity index is 1.78. The van der Waals surface area contributed by atoms with Crippen molar-refractivity contribution >= 4 is 45.4 Å². The monoisotopic (exact) mass is 673 g/mol. The highest BCUT2D eigenvalue weighted by Crippen LogP contribution is 2.68. The highest BCUT2D eigenvalue weighted by atomic mass is 79.9. The zero-order valence-corrected chi connectivity index (χ0v) is 28.3. The van der Waals surface area contributed by atoms with Crippen LogP contribution in [0.2, 0.25) is 0 Å². The van der Waals surface area contributed by atoms with Gasteiger partial charge in [0.05, 0.1) is 29.2 Å². The summed E-state index contributed by atoms with van der Waals surface area (Å²) in [6.07, 6.45) is 7.75. The van der Waals surface area contributed by atoms with Gasteiger partial charge in [0.1, 0.15) is 6.04 Å². The summed E-state index contributed by atoms with van der Waals surface area (Å²) in [4.78, 5) is 49.2. The topological polar surface area (TPSA) is 81.2 Å². The first-order valence-electron chi connectivity index (χ1n) is 15.8. The van der Waals surface area contributed by atoms with Gasteiger partial charge in [0.25, 0.3) is 0 Å². The number of carbonyl (C=O) groups excluding carboxylic acids is 3. The van der Waals surface area contributed by atoms with Gasteiger partial charge in [0.2, 0.25) is 17.7 Å². The van der Waals surface area contributed by atoms with Gasteiger partial charge in [0, 0.05) is 36.3 Å². The molecule has 0 saturated carbocycles. The largest absolute Gasteiger partial charge is 0.394 e. The van der Waals surface area contributed by atoms with E-state index in [9.17, 15) is 19.5 Å². The second-order valence-electron chi connectivity index (χ2n) is 12.3. The fraction of sp³-hybridized carbons (Fsp3) is 0.618. The normalized spacial score (nSPS) is 28.8. The van der Waals surface area contributed by atoms with E-state index in [2.05, 4.69) is 36.0 Å². The van der Waals surface area contributed by atoms with Crippen molar-refractivity contribution < 1.29 is 19.5 Å². The number of hydrogen-bond acceptors (Lipinski definition) is 5. The quantitative estimate of drug-likeness (QED) is 0.147. The average Bonchev–Trinajstić information content (AvgIpc) is 3.60. The third-order valence-corrected chi connectivity index (χ3v) is 12.9. The molecular weight excluding hydrogens is 626 g/mol. The molecule has 8 atom stereocenters. The molecule has 7 nitrogen and oxygen atoms in total. The highest BCUT2D eigenvalue weighted by Gasteiger charge is 2.76. The number of nitrogens with zero attached hydrogens (tertiary/aromatic N) is 3. The molecule has 3 amide bonds. The van der Waals surface area contributed by atoms with Gasteiger partial charge in [-0.2, -0.15) is 0 Å². The number of likely N-dealkylation sites (tertiary alicyclic amines) is 1. The Morgan fingerprint density at radius 3 is 2.42 bits per heavy atom. The predicted octanol–water partition coefficient (Wildman–Crippen LogP) is 5.28. The summed E-state index contributed by atoms with van der Waals surface area (Å²) >= 11 is 5.54. The van der Waals surface area contributed by atoms with E-state index in [-0.39, 0.29) is 40.3 Å². The SMILES string of the molecule is C=CCN(CCCCC)C(=O)C1N([C@@H](CO)[C@@H](C)CC)C(=O)[C@@H]2[C@@H](C(=O)N(CC=C)Cc3ccccc3)[C@@H]3SC12CC3Br. The zero-order valence-electron chi connectivity index (χ0n) is 25.9. The van der Waals surface area contributed by atoms with Crippen LogP contribution in [0.25, 0.3) is 0 Å². The van der Waals surface area contributed by atoms with E-state index in [1.165, 1.54) is 0 Å². The van der Waals surface area contributed by atoms with Crippen molar-refractivity contribution in [2.45, 2.75) is 86.3 Å². The van der Waals surface area contributed by atoms with Crippen molar-refractivity contribution in [1.82, 2.24) is 14.7 Å². The molecule has 1 N–H and O–H groups in total. The Bertz CT molecular complexity index is 1170. The summed E-state index contributed by atoms with van der Waals surface area (Å²) in [5.41, 5.74) is 1.01. The van der Waals surface area contributed by atoms with Gasteiger partial charge in [-0.05, 0) is 24.3 Å². The molecule has 1 aromatic rings. The standard InChI is InChI=1S/C34H48BrN3O4S/c1-6-10-14-19-36(17-7-2)33(42)30-34-20-25(35)29(43-34)27(28(34)32(41)38(30)26(22-39)23(5)9-4)31(40)37(18-8-3)21-24-15-12-11-13-16-24/h7-8,11-13,15-16,23,25-30,39H,2-3,6,9-10,14,17-22H2,1,4-5H3/t23-,25?,26-,27+,28-,29+,30?,34?/m0/s1. The minimum Gasteiger partial charge on any atom is -0.394 e. The number of hydrogen-bond donors (Lipinski definition) is 1. The molecule has 4 rings (SSSR count). The molecule has 3 saturated heterocycles. The average molecular weight is 675 g/mol. The number of alkyl halides is 1. The van der Waals surface area contributed by atoms with Crippen LogP contribution in [0.15, 0.2) is 55.6 Å². The highest BCUT2D eigenvalue weighted by molar-refractivity contribution is 9.09. The van der Waals surface area contributed by atoms with Crippen LogP contribution in [0, 0.1) is 17.8 Å². The molecule has 43 heavy (non-hydrogen) atoms. The molecule has 0 aliphatic carbocycles. The third-order valence-electron chi connectivity index (χ3n) is 9.66. The number of thioether (sulfide) groups is 1. The number of amides is 3. The predicted molar refractivity (Wildman–Crippen MR) is 178 cm³/mol. The lowest BCUT2D eigenvalue weighted by molar-refractivity contribution is -0.148. The maximum absolute atomic E-state index is 14.7. The van der Waals surface area contributed by atoms with Gasteiger partial charge in [-0.25, -0.2) is 0 Å². The molecule has 3 aliphatic heterocycles. The molecule has 2 bridgehead atoms. The summed E-state index contributed by atoms with van der Waals surface area (Å²) in [6.45, 7) is 15.5. The first-order chi connectivity index (χ1) is 20.7. The summed E-state index contributed by atoms with van der Waals surface area (Å²) < 4.78 is -0.759. The Hall–Kier alpha value is -2.10. The first-order valence-corrected chi connectivity index (χ1v) is 17.6. The maximum Gasteiger partial charge on any atom is 0.247 e. The van der Waals surface area contributed by atoms with Crippen LogP contribution < -0.4 is 0 Å². The summed E-state index contributed by atoms with van der Waals surface area (Å²) in [5, 5.41) is 10.5. The second kappa shape index (κ2) is 14.8.